The van der Waals surface area contributed by atoms with Crippen LogP contribution in [0.15, 0.2) is 85.1 Å². The van der Waals surface area contributed by atoms with Gasteiger partial charge in [-0.25, -0.2) is 4.57 Å². The third kappa shape index (κ3) is 43.6. The molecular formula is C50H89N2O6P. The molecule has 0 saturated heterocycles. The molecule has 0 aromatic heterocycles. The van der Waals surface area contributed by atoms with E-state index in [1.807, 2.05) is 6.08 Å². The molecule has 0 fully saturated rings. The number of phosphoric ester groups is 1. The summed E-state index contributed by atoms with van der Waals surface area (Å²) in [5.41, 5.74) is 5.38. The lowest BCUT2D eigenvalue weighted by atomic mass is 10.1. The van der Waals surface area contributed by atoms with Gasteiger partial charge < -0.3 is 21.1 Å². The zero-order chi connectivity index (χ0) is 43.2. The predicted molar refractivity (Wildman–Crippen MR) is 253 cm³/mol. The van der Waals surface area contributed by atoms with Gasteiger partial charge in [-0.2, -0.15) is 0 Å². The van der Waals surface area contributed by atoms with Gasteiger partial charge in [0.15, 0.2) is 0 Å². The maximum absolute atomic E-state index is 12.8. The van der Waals surface area contributed by atoms with E-state index in [4.69, 9.17) is 14.8 Å². The second-order valence-electron chi connectivity index (χ2n) is 15.6. The fourth-order valence-electron chi connectivity index (χ4n) is 6.39. The van der Waals surface area contributed by atoms with Crippen LogP contribution in [0.2, 0.25) is 0 Å². The van der Waals surface area contributed by atoms with Gasteiger partial charge in [-0.15, -0.1) is 0 Å². The summed E-state index contributed by atoms with van der Waals surface area (Å²) in [7, 11) is -4.36. The molecule has 0 aliphatic rings. The molecule has 5 N–H and O–H groups in total. The highest BCUT2D eigenvalue weighted by atomic mass is 31.2. The van der Waals surface area contributed by atoms with E-state index < -0.39 is 20.0 Å². The van der Waals surface area contributed by atoms with Crippen LogP contribution in [0.5, 0.6) is 0 Å². The van der Waals surface area contributed by atoms with Crippen LogP contribution in [-0.4, -0.2) is 47.8 Å². The minimum absolute atomic E-state index is 0.0648. The van der Waals surface area contributed by atoms with Crippen molar-refractivity contribution in [1.82, 2.24) is 5.32 Å². The van der Waals surface area contributed by atoms with Crippen LogP contribution in [0.4, 0.5) is 0 Å². The highest BCUT2D eigenvalue weighted by Crippen LogP contribution is 2.43. The van der Waals surface area contributed by atoms with E-state index in [0.29, 0.717) is 6.42 Å². The Balaban J connectivity index is 4.28. The number of carbonyl (C=O) groups is 1. The lowest BCUT2D eigenvalue weighted by Gasteiger charge is -2.23. The first-order valence-electron chi connectivity index (χ1n) is 23.7. The first kappa shape index (κ1) is 56.7. The van der Waals surface area contributed by atoms with E-state index in [0.717, 1.165) is 83.5 Å². The average Bonchev–Trinajstić information content (AvgIpc) is 3.22. The standard InChI is InChI=1S/C50H89N2O6P/c1-3-5-7-9-11-13-15-17-19-21-23-24-26-27-29-31-33-35-37-39-41-43-49(53)48(47-58-59(55,56)57-46-45-51)52-50(54)44-42-40-38-36-34-32-30-28-25-22-20-18-16-14-12-10-8-6-4-2/h6,8,12,14,18,20,25-28,33,35,41,43,48-49,53H,3-5,7,9-11,13,15-17,19,21-24,29-32,34,36-40,42,44-47,51H2,1-2H3,(H,52,54)(H,55,56)/b8-6-,14-12-,20-18-,27-26+,28-25-,35-33+,43-41+. The predicted octanol–water partition coefficient (Wildman–Crippen LogP) is 13.8. The fourth-order valence-corrected chi connectivity index (χ4v) is 7.15. The van der Waals surface area contributed by atoms with Crippen molar-refractivity contribution in [2.24, 2.45) is 5.73 Å². The molecule has 0 aromatic rings. The second-order valence-corrected chi connectivity index (χ2v) is 17.0. The fraction of sp³-hybridized carbons (Fsp3) is 0.700. The van der Waals surface area contributed by atoms with Crippen molar-refractivity contribution in [1.29, 1.82) is 0 Å². The van der Waals surface area contributed by atoms with Crippen molar-refractivity contribution < 1.29 is 28.4 Å². The van der Waals surface area contributed by atoms with Gasteiger partial charge in [-0.1, -0.05) is 189 Å². The van der Waals surface area contributed by atoms with Crippen molar-refractivity contribution >= 4 is 13.7 Å². The Labute approximate surface area is 362 Å². The highest BCUT2D eigenvalue weighted by molar-refractivity contribution is 7.47. The second kappa shape index (κ2) is 45.2. The molecular weight excluding hydrogens is 756 g/mol. The number of aliphatic hydroxyl groups is 1. The first-order chi connectivity index (χ1) is 28.9. The van der Waals surface area contributed by atoms with Crippen LogP contribution >= 0.6 is 7.82 Å². The van der Waals surface area contributed by atoms with Crippen LogP contribution in [0, 0.1) is 0 Å². The zero-order valence-corrected chi connectivity index (χ0v) is 38.6. The maximum atomic E-state index is 12.8. The Kier molecular flexibility index (Phi) is 43.4. The maximum Gasteiger partial charge on any atom is 0.472 e. The molecule has 0 aliphatic carbocycles. The monoisotopic (exact) mass is 845 g/mol. The van der Waals surface area contributed by atoms with E-state index in [9.17, 15) is 19.4 Å². The number of unbranched alkanes of at least 4 members (excludes halogenated alkanes) is 19. The summed E-state index contributed by atoms with van der Waals surface area (Å²) in [6.07, 6.45) is 60.7. The van der Waals surface area contributed by atoms with E-state index in [-0.39, 0.29) is 25.7 Å². The summed E-state index contributed by atoms with van der Waals surface area (Å²) in [5.74, 6) is -0.225. The third-order valence-electron chi connectivity index (χ3n) is 9.93. The minimum Gasteiger partial charge on any atom is -0.387 e. The molecule has 9 heteroatoms. The highest BCUT2D eigenvalue weighted by Gasteiger charge is 2.26. The average molecular weight is 845 g/mol. The quantitative estimate of drug-likeness (QED) is 0.0273. The Morgan fingerprint density at radius 1 is 0.576 bits per heavy atom. The number of hydrogen-bond donors (Lipinski definition) is 4. The molecule has 0 saturated carbocycles. The lowest BCUT2D eigenvalue weighted by molar-refractivity contribution is -0.123. The molecule has 0 heterocycles. The Bertz CT molecular complexity index is 1190. The molecule has 3 unspecified atom stereocenters. The molecule has 0 aliphatic heterocycles. The SMILES string of the molecule is CC/C=C\C/C=C\C/C=C\C/C=C\CCCCCCCCC(=O)NC(COP(=O)(O)OCCN)C(O)/C=C/CC/C=C/CC/C=C/CCCCCCCCCCCCC. The summed E-state index contributed by atoms with van der Waals surface area (Å²) >= 11 is 0. The molecule has 59 heavy (non-hydrogen) atoms. The van der Waals surface area contributed by atoms with Gasteiger partial charge in [0.05, 0.1) is 25.4 Å². The molecule has 0 radical (unpaired) electrons. The van der Waals surface area contributed by atoms with Gasteiger partial charge >= 0.3 is 7.82 Å². The van der Waals surface area contributed by atoms with E-state index in [2.05, 4.69) is 92.1 Å². The summed E-state index contributed by atoms with van der Waals surface area (Å²) in [6.45, 7) is 3.98. The van der Waals surface area contributed by atoms with Crippen LogP contribution < -0.4 is 11.1 Å². The molecule has 0 rings (SSSR count). The molecule has 0 spiro atoms. The normalized spacial score (nSPS) is 14.7. The number of rotatable bonds is 43. The van der Waals surface area contributed by atoms with Crippen molar-refractivity contribution in [2.75, 3.05) is 19.8 Å². The van der Waals surface area contributed by atoms with Gasteiger partial charge in [0, 0.05) is 13.0 Å². The smallest absolute Gasteiger partial charge is 0.387 e. The number of amides is 1. The number of aliphatic hydroxyl groups excluding tert-OH is 1. The summed E-state index contributed by atoms with van der Waals surface area (Å²) < 4.78 is 22.2. The van der Waals surface area contributed by atoms with Crippen molar-refractivity contribution in [3.8, 4) is 0 Å². The number of phosphoric acid groups is 1. The number of hydrogen-bond acceptors (Lipinski definition) is 6. The Hall–Kier alpha value is -2.32. The molecule has 3 atom stereocenters. The largest absolute Gasteiger partial charge is 0.472 e. The minimum atomic E-state index is -4.36. The van der Waals surface area contributed by atoms with E-state index >= 15 is 0 Å². The molecule has 1 amide bonds. The molecule has 340 valence electrons. The summed E-state index contributed by atoms with van der Waals surface area (Å²) in [5, 5.41) is 13.7. The van der Waals surface area contributed by atoms with Crippen LogP contribution in [-0.2, 0) is 18.4 Å². The Morgan fingerprint density at radius 3 is 1.51 bits per heavy atom. The molecule has 8 nitrogen and oxygen atoms in total. The summed E-state index contributed by atoms with van der Waals surface area (Å²) in [6, 6.07) is -0.897. The summed E-state index contributed by atoms with van der Waals surface area (Å²) in [4.78, 5) is 22.8. The number of nitrogens with two attached hydrogens (primary N) is 1. The van der Waals surface area contributed by atoms with E-state index in [1.165, 1.54) is 89.9 Å². The first-order valence-corrected chi connectivity index (χ1v) is 25.2. The van der Waals surface area contributed by atoms with Crippen molar-refractivity contribution in [3.05, 3.63) is 85.1 Å². The molecule has 0 bridgehead atoms. The van der Waals surface area contributed by atoms with Crippen LogP contribution in [0.25, 0.3) is 0 Å². The number of nitrogens with one attached hydrogen (secondary N) is 1. The zero-order valence-electron chi connectivity index (χ0n) is 37.7. The topological polar surface area (TPSA) is 131 Å². The third-order valence-corrected chi connectivity index (χ3v) is 10.9. The van der Waals surface area contributed by atoms with Crippen molar-refractivity contribution in [3.63, 3.8) is 0 Å². The number of carbonyl (C=O) groups excluding carboxylic acids is 1. The molecule has 0 aromatic carbocycles. The van der Waals surface area contributed by atoms with Crippen LogP contribution in [0.1, 0.15) is 194 Å². The van der Waals surface area contributed by atoms with Gasteiger partial charge in [-0.3, -0.25) is 13.8 Å². The van der Waals surface area contributed by atoms with Gasteiger partial charge in [0.2, 0.25) is 5.91 Å². The van der Waals surface area contributed by atoms with Gasteiger partial charge in [-0.05, 0) is 83.5 Å². The lowest BCUT2D eigenvalue weighted by Crippen LogP contribution is -2.45. The van der Waals surface area contributed by atoms with Gasteiger partial charge in [0.1, 0.15) is 0 Å². The van der Waals surface area contributed by atoms with Crippen molar-refractivity contribution in [2.45, 2.75) is 206 Å². The van der Waals surface area contributed by atoms with Crippen LogP contribution in [0.3, 0.4) is 0 Å². The number of allylic oxidation sites excluding steroid dienone is 13. The van der Waals surface area contributed by atoms with Gasteiger partial charge in [0.25, 0.3) is 0 Å². The Morgan fingerprint density at radius 2 is 1.00 bits per heavy atom. The van der Waals surface area contributed by atoms with E-state index in [1.54, 1.807) is 6.08 Å².